The lowest BCUT2D eigenvalue weighted by atomic mass is 9.92. The zero-order chi connectivity index (χ0) is 18.1. The van der Waals surface area contributed by atoms with Crippen molar-refractivity contribution in [1.29, 1.82) is 0 Å². The van der Waals surface area contributed by atoms with Crippen LogP contribution in [0.25, 0.3) is 12.2 Å². The Hall–Kier alpha value is -3.15. The molecular formula is C19H18N2O4. The van der Waals surface area contributed by atoms with Crippen LogP contribution in [0.5, 0.6) is 11.5 Å². The van der Waals surface area contributed by atoms with Gasteiger partial charge in [0.1, 0.15) is 17.2 Å². The summed E-state index contributed by atoms with van der Waals surface area (Å²) < 4.78 is 10.5. The maximum atomic E-state index is 12.3. The fourth-order valence-electron chi connectivity index (χ4n) is 2.64. The quantitative estimate of drug-likeness (QED) is 0.925. The Morgan fingerprint density at radius 2 is 1.64 bits per heavy atom. The van der Waals surface area contributed by atoms with Crippen LogP contribution in [0.3, 0.4) is 0 Å². The van der Waals surface area contributed by atoms with Crippen molar-refractivity contribution in [2.75, 3.05) is 14.2 Å². The molecule has 0 spiro atoms. The molecule has 1 aliphatic rings. The van der Waals surface area contributed by atoms with Crippen LogP contribution in [0.1, 0.15) is 46.2 Å². The summed E-state index contributed by atoms with van der Waals surface area (Å²) in [4.78, 5) is 31.7. The number of nitrogens with zero attached hydrogens (tertiary/aromatic N) is 1. The minimum atomic E-state index is -0.214. The first kappa shape index (κ1) is 16.7. The number of aromatic nitrogens is 2. The molecule has 1 aromatic carbocycles. The maximum absolute atomic E-state index is 12.3. The fraction of sp³-hybridized carbons (Fsp3) is 0.211. The van der Waals surface area contributed by atoms with Gasteiger partial charge in [0, 0.05) is 11.1 Å². The maximum Gasteiger partial charge on any atom is 0.209 e. The normalized spacial score (nSPS) is 14.2. The molecule has 0 atom stereocenters. The SMILES string of the molecule is COc1ccc(/C=C/c2nc3c([nH]2)C(=O)C(C)=C(C)C3=O)cc1OC. The van der Waals surface area contributed by atoms with Crippen LogP contribution in [0.15, 0.2) is 29.3 Å². The number of aromatic amines is 1. The van der Waals surface area contributed by atoms with E-state index in [1.807, 2.05) is 18.2 Å². The van der Waals surface area contributed by atoms with Gasteiger partial charge in [-0.2, -0.15) is 0 Å². The molecule has 0 saturated heterocycles. The average molecular weight is 338 g/mol. The molecule has 0 unspecified atom stereocenters. The number of Topliss-reactive ketones (excluding diaryl/α,β-unsaturated/α-hetero) is 2. The molecule has 6 heteroatoms. The number of H-pyrrole nitrogens is 1. The third-order valence-corrected chi connectivity index (χ3v) is 4.25. The van der Waals surface area contributed by atoms with E-state index in [2.05, 4.69) is 9.97 Å². The monoisotopic (exact) mass is 338 g/mol. The van der Waals surface area contributed by atoms with Gasteiger partial charge in [-0.1, -0.05) is 12.1 Å². The van der Waals surface area contributed by atoms with Gasteiger partial charge in [0.2, 0.25) is 11.6 Å². The number of imidazole rings is 1. The Morgan fingerprint density at radius 1 is 0.960 bits per heavy atom. The van der Waals surface area contributed by atoms with Gasteiger partial charge < -0.3 is 14.5 Å². The minimum Gasteiger partial charge on any atom is -0.493 e. The van der Waals surface area contributed by atoms with E-state index in [4.69, 9.17) is 9.47 Å². The molecule has 1 aliphatic carbocycles. The van der Waals surface area contributed by atoms with Crippen molar-refractivity contribution in [2.24, 2.45) is 0 Å². The number of carbonyl (C=O) groups is 2. The molecule has 128 valence electrons. The van der Waals surface area contributed by atoms with Crippen molar-refractivity contribution in [2.45, 2.75) is 13.8 Å². The Kier molecular flexibility index (Phi) is 4.27. The molecule has 0 aliphatic heterocycles. The van der Waals surface area contributed by atoms with E-state index in [9.17, 15) is 9.59 Å². The zero-order valence-electron chi connectivity index (χ0n) is 14.5. The number of hydrogen-bond donors (Lipinski definition) is 1. The zero-order valence-corrected chi connectivity index (χ0v) is 14.5. The number of ether oxygens (including phenoxy) is 2. The number of hydrogen-bond acceptors (Lipinski definition) is 5. The van der Waals surface area contributed by atoms with E-state index >= 15 is 0 Å². The summed E-state index contributed by atoms with van der Waals surface area (Å²) in [5.74, 6) is 1.30. The van der Waals surface area contributed by atoms with Crippen LogP contribution >= 0.6 is 0 Å². The minimum absolute atomic E-state index is 0.181. The van der Waals surface area contributed by atoms with Gasteiger partial charge in [-0.05, 0) is 37.6 Å². The number of benzene rings is 1. The van der Waals surface area contributed by atoms with Crippen LogP contribution in [-0.2, 0) is 0 Å². The number of ketones is 2. The molecule has 1 aromatic heterocycles. The topological polar surface area (TPSA) is 81.3 Å². The van der Waals surface area contributed by atoms with Gasteiger partial charge in [0.05, 0.1) is 14.2 Å². The smallest absolute Gasteiger partial charge is 0.209 e. The number of allylic oxidation sites excluding steroid dienone is 2. The molecule has 0 radical (unpaired) electrons. The van der Waals surface area contributed by atoms with Crippen LogP contribution in [0.4, 0.5) is 0 Å². The predicted molar refractivity (Wildman–Crippen MR) is 94.1 cm³/mol. The molecule has 1 N–H and O–H groups in total. The molecule has 1 heterocycles. The molecule has 0 fully saturated rings. The summed E-state index contributed by atoms with van der Waals surface area (Å²) >= 11 is 0. The van der Waals surface area contributed by atoms with Crippen LogP contribution in [0, 0.1) is 0 Å². The Bertz CT molecular complexity index is 893. The molecule has 0 bridgehead atoms. The number of fused-ring (bicyclic) bond motifs is 1. The Morgan fingerprint density at radius 3 is 2.32 bits per heavy atom. The highest BCUT2D eigenvalue weighted by Crippen LogP contribution is 2.28. The molecule has 2 aromatic rings. The van der Waals surface area contributed by atoms with Crippen molar-refractivity contribution >= 4 is 23.7 Å². The summed E-state index contributed by atoms with van der Waals surface area (Å²) in [5, 5.41) is 0. The molecule has 0 saturated carbocycles. The van der Waals surface area contributed by atoms with E-state index in [-0.39, 0.29) is 23.0 Å². The van der Waals surface area contributed by atoms with E-state index in [1.165, 1.54) is 0 Å². The number of nitrogens with one attached hydrogen (secondary N) is 1. The molecule has 0 amide bonds. The van der Waals surface area contributed by atoms with Crippen molar-refractivity contribution in [3.63, 3.8) is 0 Å². The highest BCUT2D eigenvalue weighted by Gasteiger charge is 2.30. The van der Waals surface area contributed by atoms with Crippen molar-refractivity contribution in [3.8, 4) is 11.5 Å². The lowest BCUT2D eigenvalue weighted by Gasteiger charge is -2.10. The fourth-order valence-corrected chi connectivity index (χ4v) is 2.64. The largest absolute Gasteiger partial charge is 0.493 e. The van der Waals surface area contributed by atoms with Gasteiger partial charge in [0.15, 0.2) is 11.5 Å². The van der Waals surface area contributed by atoms with E-state index < -0.39 is 0 Å². The number of rotatable bonds is 4. The predicted octanol–water partition coefficient (Wildman–Crippen LogP) is 3.31. The molecular weight excluding hydrogens is 320 g/mol. The number of methoxy groups -OCH3 is 2. The summed E-state index contributed by atoms with van der Waals surface area (Å²) in [6.45, 7) is 3.30. The standard InChI is InChI=1S/C19H18N2O4/c1-10-11(2)19(23)17-16(18(10)22)20-15(21-17)8-6-12-5-7-13(24-3)14(9-12)25-4/h5-9H,1-4H3,(H,20,21)/b8-6+. The van der Waals surface area contributed by atoms with Crippen molar-refractivity contribution in [3.05, 3.63) is 52.1 Å². The first-order valence-electron chi connectivity index (χ1n) is 7.73. The Balaban J connectivity index is 1.91. The van der Waals surface area contributed by atoms with Gasteiger partial charge in [-0.15, -0.1) is 0 Å². The van der Waals surface area contributed by atoms with E-state index in [0.717, 1.165) is 5.56 Å². The second-order valence-corrected chi connectivity index (χ2v) is 5.70. The second-order valence-electron chi connectivity index (χ2n) is 5.70. The van der Waals surface area contributed by atoms with Crippen molar-refractivity contribution < 1.29 is 19.1 Å². The molecule has 3 rings (SSSR count). The van der Waals surface area contributed by atoms with Gasteiger partial charge in [-0.25, -0.2) is 4.98 Å². The van der Waals surface area contributed by atoms with Gasteiger partial charge in [0.25, 0.3) is 0 Å². The molecule has 6 nitrogen and oxygen atoms in total. The first-order chi connectivity index (χ1) is 12.0. The lowest BCUT2D eigenvalue weighted by molar-refractivity contribution is 0.0970. The lowest BCUT2D eigenvalue weighted by Crippen LogP contribution is -2.19. The summed E-state index contributed by atoms with van der Waals surface area (Å²) in [7, 11) is 3.15. The van der Waals surface area contributed by atoms with Crippen molar-refractivity contribution in [1.82, 2.24) is 9.97 Å². The first-order valence-corrected chi connectivity index (χ1v) is 7.73. The van der Waals surface area contributed by atoms with Crippen LogP contribution in [-0.4, -0.2) is 35.8 Å². The van der Waals surface area contributed by atoms with Gasteiger partial charge in [-0.3, -0.25) is 9.59 Å². The second kappa shape index (κ2) is 6.39. The Labute approximate surface area is 145 Å². The summed E-state index contributed by atoms with van der Waals surface area (Å²) in [6, 6.07) is 5.49. The van der Waals surface area contributed by atoms with Crippen LogP contribution in [0.2, 0.25) is 0 Å². The van der Waals surface area contributed by atoms with E-state index in [0.29, 0.717) is 28.5 Å². The number of carbonyl (C=O) groups excluding carboxylic acids is 2. The molecule has 25 heavy (non-hydrogen) atoms. The highest BCUT2D eigenvalue weighted by atomic mass is 16.5. The van der Waals surface area contributed by atoms with E-state index in [1.54, 1.807) is 40.2 Å². The third-order valence-electron chi connectivity index (χ3n) is 4.25. The van der Waals surface area contributed by atoms with Crippen LogP contribution < -0.4 is 9.47 Å². The third kappa shape index (κ3) is 2.87. The highest BCUT2D eigenvalue weighted by molar-refractivity contribution is 6.25. The average Bonchev–Trinajstić information content (AvgIpc) is 3.07. The summed E-state index contributed by atoms with van der Waals surface area (Å²) in [6.07, 6.45) is 3.53. The van der Waals surface area contributed by atoms with Gasteiger partial charge >= 0.3 is 0 Å². The summed E-state index contributed by atoms with van der Waals surface area (Å²) in [5.41, 5.74) is 2.20.